The zero-order valence-electron chi connectivity index (χ0n) is 13.7. The topological polar surface area (TPSA) is 59.5 Å². The minimum absolute atomic E-state index is 0. The van der Waals surface area contributed by atoms with E-state index in [1.807, 2.05) is 19.1 Å². The van der Waals surface area contributed by atoms with Crippen LogP contribution in [0.15, 0.2) is 33.5 Å². The van der Waals surface area contributed by atoms with Crippen molar-refractivity contribution in [2.45, 2.75) is 39.3 Å². The van der Waals surface area contributed by atoms with E-state index < -0.39 is 0 Å². The number of nitrogens with zero attached hydrogens (tertiary/aromatic N) is 1. The molecule has 2 aromatic rings. The van der Waals surface area contributed by atoms with E-state index in [-0.39, 0.29) is 18.0 Å². The molecule has 3 rings (SSSR count). The minimum Gasteiger partial charge on any atom is -0.423 e. The van der Waals surface area contributed by atoms with Gasteiger partial charge in [-0.3, -0.25) is 4.90 Å². The van der Waals surface area contributed by atoms with Crippen LogP contribution in [-0.2, 0) is 6.54 Å². The van der Waals surface area contributed by atoms with Gasteiger partial charge in [-0.1, -0.05) is 19.1 Å². The third-order valence-electron chi connectivity index (χ3n) is 4.83. The van der Waals surface area contributed by atoms with E-state index >= 15 is 0 Å². The summed E-state index contributed by atoms with van der Waals surface area (Å²) in [7, 11) is 0. The van der Waals surface area contributed by atoms with E-state index in [4.69, 9.17) is 10.2 Å². The number of hydrogen-bond donors (Lipinski definition) is 1. The van der Waals surface area contributed by atoms with Gasteiger partial charge in [-0.05, 0) is 49.4 Å². The van der Waals surface area contributed by atoms with Gasteiger partial charge >= 0.3 is 5.63 Å². The van der Waals surface area contributed by atoms with Crippen molar-refractivity contribution in [1.29, 1.82) is 0 Å². The lowest BCUT2D eigenvalue weighted by atomic mass is 9.90. The lowest BCUT2D eigenvalue weighted by Crippen LogP contribution is -2.48. The van der Waals surface area contributed by atoms with Crippen LogP contribution in [0.2, 0.25) is 0 Å². The number of fused-ring (bicyclic) bond motifs is 1. The maximum atomic E-state index is 11.9. The average Bonchev–Trinajstić information content (AvgIpc) is 2.46. The fraction of sp³-hybridized carbons (Fsp3) is 0.500. The molecule has 1 fully saturated rings. The number of aryl methyl sites for hydroxylation is 1. The van der Waals surface area contributed by atoms with Crippen LogP contribution in [0.3, 0.4) is 0 Å². The Labute approximate surface area is 143 Å². The molecule has 2 atom stereocenters. The molecule has 5 heteroatoms. The van der Waals surface area contributed by atoms with E-state index in [0.29, 0.717) is 24.1 Å². The first kappa shape index (κ1) is 18.0. The van der Waals surface area contributed by atoms with Crippen LogP contribution in [0.5, 0.6) is 0 Å². The zero-order valence-corrected chi connectivity index (χ0v) is 14.6. The molecule has 0 amide bonds. The Kier molecular flexibility index (Phi) is 5.84. The Morgan fingerprint density at radius 1 is 1.35 bits per heavy atom. The maximum Gasteiger partial charge on any atom is 0.336 e. The van der Waals surface area contributed by atoms with Crippen molar-refractivity contribution in [3.63, 3.8) is 0 Å². The molecule has 1 aliphatic heterocycles. The van der Waals surface area contributed by atoms with Crippen molar-refractivity contribution in [3.05, 3.63) is 45.8 Å². The molecule has 0 saturated carbocycles. The molecule has 2 heterocycles. The van der Waals surface area contributed by atoms with Gasteiger partial charge in [0.15, 0.2) is 0 Å². The number of halogens is 1. The van der Waals surface area contributed by atoms with Crippen LogP contribution in [0.4, 0.5) is 0 Å². The van der Waals surface area contributed by atoms with Gasteiger partial charge < -0.3 is 10.2 Å². The standard InChI is InChI=1S/C18H24N2O2.ClH/c1-12-5-6-15-14(9-18(21)22-17(15)8-12)11-20-7-3-4-13(2)16(20)10-19;/h5-6,8-9,13,16H,3-4,7,10-11,19H2,1-2H3;1H. The molecule has 2 unspecified atom stereocenters. The number of hydrogen-bond acceptors (Lipinski definition) is 4. The Balaban J connectivity index is 0.00000192. The molecule has 1 saturated heterocycles. The van der Waals surface area contributed by atoms with Gasteiger partial charge in [0.1, 0.15) is 5.58 Å². The molecule has 0 aliphatic carbocycles. The fourth-order valence-electron chi connectivity index (χ4n) is 3.60. The van der Waals surface area contributed by atoms with Crippen LogP contribution in [0.25, 0.3) is 11.0 Å². The van der Waals surface area contributed by atoms with Crippen molar-refractivity contribution < 1.29 is 4.42 Å². The molecular formula is C18H25ClN2O2. The van der Waals surface area contributed by atoms with E-state index in [0.717, 1.165) is 29.6 Å². The first-order valence-electron chi connectivity index (χ1n) is 8.06. The molecule has 4 nitrogen and oxygen atoms in total. The summed E-state index contributed by atoms with van der Waals surface area (Å²) in [5.41, 5.74) is 8.52. The Bertz CT molecular complexity index is 729. The van der Waals surface area contributed by atoms with Crippen LogP contribution >= 0.6 is 12.4 Å². The van der Waals surface area contributed by atoms with Crippen LogP contribution in [0.1, 0.15) is 30.9 Å². The quantitative estimate of drug-likeness (QED) is 0.875. The molecule has 1 aliphatic rings. The molecule has 126 valence electrons. The SMILES string of the molecule is Cc1ccc2c(CN3CCCC(C)C3CN)cc(=O)oc2c1.Cl. The smallest absolute Gasteiger partial charge is 0.336 e. The molecule has 23 heavy (non-hydrogen) atoms. The minimum atomic E-state index is -0.276. The van der Waals surface area contributed by atoms with Gasteiger partial charge in [0.05, 0.1) is 0 Å². The predicted octanol–water partition coefficient (Wildman–Crippen LogP) is 3.08. The summed E-state index contributed by atoms with van der Waals surface area (Å²) in [6.45, 7) is 6.74. The molecular weight excluding hydrogens is 312 g/mol. The highest BCUT2D eigenvalue weighted by Gasteiger charge is 2.27. The van der Waals surface area contributed by atoms with Gasteiger partial charge in [0.2, 0.25) is 0 Å². The summed E-state index contributed by atoms with van der Waals surface area (Å²) in [5.74, 6) is 0.604. The highest BCUT2D eigenvalue weighted by Crippen LogP contribution is 2.26. The third-order valence-corrected chi connectivity index (χ3v) is 4.83. The summed E-state index contributed by atoms with van der Waals surface area (Å²) in [4.78, 5) is 14.3. The van der Waals surface area contributed by atoms with Gasteiger partial charge in [-0.25, -0.2) is 4.79 Å². The summed E-state index contributed by atoms with van der Waals surface area (Å²) in [5, 5.41) is 1.03. The number of rotatable bonds is 3. The molecule has 1 aromatic heterocycles. The van der Waals surface area contributed by atoms with E-state index in [1.165, 1.54) is 12.8 Å². The van der Waals surface area contributed by atoms with E-state index in [1.54, 1.807) is 6.07 Å². The second-order valence-electron chi connectivity index (χ2n) is 6.48. The Morgan fingerprint density at radius 3 is 2.87 bits per heavy atom. The average molecular weight is 337 g/mol. The molecule has 2 N–H and O–H groups in total. The largest absolute Gasteiger partial charge is 0.423 e. The zero-order chi connectivity index (χ0) is 15.7. The normalized spacial score (nSPS) is 22.0. The number of likely N-dealkylation sites (tertiary alicyclic amines) is 1. The van der Waals surface area contributed by atoms with Gasteiger partial charge in [-0.15, -0.1) is 12.4 Å². The molecule has 1 aromatic carbocycles. The lowest BCUT2D eigenvalue weighted by Gasteiger charge is -2.39. The maximum absolute atomic E-state index is 11.9. The number of benzene rings is 1. The van der Waals surface area contributed by atoms with Gasteiger partial charge in [-0.2, -0.15) is 0 Å². The second kappa shape index (κ2) is 7.47. The summed E-state index contributed by atoms with van der Waals surface area (Å²) < 4.78 is 5.35. The van der Waals surface area contributed by atoms with Crippen LogP contribution in [0, 0.1) is 12.8 Å². The molecule has 0 radical (unpaired) electrons. The molecule has 0 bridgehead atoms. The third kappa shape index (κ3) is 3.77. The monoisotopic (exact) mass is 336 g/mol. The molecule has 0 spiro atoms. The Hall–Kier alpha value is -1.36. The van der Waals surface area contributed by atoms with Crippen molar-refractivity contribution in [3.8, 4) is 0 Å². The summed E-state index contributed by atoms with van der Waals surface area (Å²) >= 11 is 0. The van der Waals surface area contributed by atoms with Crippen molar-refractivity contribution in [2.75, 3.05) is 13.1 Å². The van der Waals surface area contributed by atoms with E-state index in [9.17, 15) is 4.79 Å². The lowest BCUT2D eigenvalue weighted by molar-refractivity contribution is 0.0994. The fourth-order valence-corrected chi connectivity index (χ4v) is 3.60. The first-order chi connectivity index (χ1) is 10.6. The van der Waals surface area contributed by atoms with E-state index in [2.05, 4.69) is 17.9 Å². The highest BCUT2D eigenvalue weighted by molar-refractivity contribution is 5.85. The number of piperidine rings is 1. The second-order valence-corrected chi connectivity index (χ2v) is 6.48. The van der Waals surface area contributed by atoms with Crippen molar-refractivity contribution >= 4 is 23.4 Å². The van der Waals surface area contributed by atoms with Gasteiger partial charge in [0, 0.05) is 30.6 Å². The van der Waals surface area contributed by atoms with Gasteiger partial charge in [0.25, 0.3) is 0 Å². The van der Waals surface area contributed by atoms with Crippen LogP contribution in [-0.4, -0.2) is 24.0 Å². The number of nitrogens with two attached hydrogens (primary N) is 1. The van der Waals surface area contributed by atoms with Crippen molar-refractivity contribution in [2.24, 2.45) is 11.7 Å². The predicted molar refractivity (Wildman–Crippen MR) is 96.1 cm³/mol. The highest BCUT2D eigenvalue weighted by atomic mass is 35.5. The first-order valence-corrected chi connectivity index (χ1v) is 8.06. The van der Waals surface area contributed by atoms with Crippen LogP contribution < -0.4 is 11.4 Å². The summed E-state index contributed by atoms with van der Waals surface area (Å²) in [6.07, 6.45) is 2.42. The Morgan fingerprint density at radius 2 is 2.13 bits per heavy atom. The van der Waals surface area contributed by atoms with Crippen molar-refractivity contribution in [1.82, 2.24) is 4.90 Å². The summed E-state index contributed by atoms with van der Waals surface area (Å²) in [6, 6.07) is 8.06.